The lowest BCUT2D eigenvalue weighted by atomic mass is 9.98. The molecule has 26 heavy (non-hydrogen) atoms. The van der Waals surface area contributed by atoms with Crippen LogP contribution in [0.5, 0.6) is 0 Å². The summed E-state index contributed by atoms with van der Waals surface area (Å²) in [5.41, 5.74) is 5.89. The number of aromatic amines is 1. The number of fused-ring (bicyclic) bond motifs is 1. The second-order valence-electron chi connectivity index (χ2n) is 7.20. The van der Waals surface area contributed by atoms with Crippen molar-refractivity contribution in [1.29, 1.82) is 0 Å². The van der Waals surface area contributed by atoms with Gasteiger partial charge in [-0.2, -0.15) is 5.10 Å². The molecule has 1 fully saturated rings. The van der Waals surface area contributed by atoms with E-state index in [1.165, 1.54) is 42.4 Å². The van der Waals surface area contributed by atoms with Crippen LogP contribution in [0.3, 0.4) is 0 Å². The summed E-state index contributed by atoms with van der Waals surface area (Å²) in [6, 6.07) is 13.6. The number of rotatable bonds is 3. The van der Waals surface area contributed by atoms with Crippen LogP contribution >= 0.6 is 0 Å². The van der Waals surface area contributed by atoms with E-state index in [-0.39, 0.29) is 0 Å². The van der Waals surface area contributed by atoms with E-state index in [2.05, 4.69) is 68.3 Å². The summed E-state index contributed by atoms with van der Waals surface area (Å²) in [7, 11) is 0. The van der Waals surface area contributed by atoms with Crippen LogP contribution < -0.4 is 0 Å². The number of benzene rings is 2. The van der Waals surface area contributed by atoms with Gasteiger partial charge in [0, 0.05) is 17.0 Å². The Hall–Kier alpha value is -2.95. The average molecular weight is 343 g/mol. The van der Waals surface area contributed by atoms with Gasteiger partial charge in [-0.1, -0.05) is 37.1 Å². The molecular weight excluding hydrogens is 322 g/mol. The molecule has 0 spiro atoms. The SMILES string of the molecule is Cc1cc2[nH]ncc2cc1-c1ccc(-c2nncn2C2CCCC2)cc1. The maximum absolute atomic E-state index is 4.39. The first-order chi connectivity index (χ1) is 12.8. The molecule has 5 nitrogen and oxygen atoms in total. The first kappa shape index (κ1) is 15.3. The van der Waals surface area contributed by atoms with E-state index < -0.39 is 0 Å². The molecule has 0 saturated heterocycles. The summed E-state index contributed by atoms with van der Waals surface area (Å²) in [5.74, 6) is 0.977. The van der Waals surface area contributed by atoms with Crippen molar-refractivity contribution in [2.45, 2.75) is 38.6 Å². The van der Waals surface area contributed by atoms with E-state index in [9.17, 15) is 0 Å². The van der Waals surface area contributed by atoms with E-state index in [0.717, 1.165) is 22.3 Å². The Bertz CT molecular complexity index is 1050. The second kappa shape index (κ2) is 6.09. The first-order valence-corrected chi connectivity index (χ1v) is 9.23. The van der Waals surface area contributed by atoms with Crippen LogP contribution in [-0.4, -0.2) is 25.0 Å². The largest absolute Gasteiger partial charge is 0.310 e. The van der Waals surface area contributed by atoms with Gasteiger partial charge in [-0.05, 0) is 48.6 Å². The summed E-state index contributed by atoms with van der Waals surface area (Å²) in [6.07, 6.45) is 8.82. The molecule has 0 amide bonds. The van der Waals surface area contributed by atoms with E-state index in [4.69, 9.17) is 0 Å². The van der Waals surface area contributed by atoms with Crippen molar-refractivity contribution in [3.8, 4) is 22.5 Å². The second-order valence-corrected chi connectivity index (χ2v) is 7.20. The fourth-order valence-corrected chi connectivity index (χ4v) is 4.11. The zero-order valence-electron chi connectivity index (χ0n) is 14.8. The molecule has 0 unspecified atom stereocenters. The molecule has 4 aromatic rings. The standard InChI is InChI=1S/C21H21N5/c1-14-10-20-17(12-22-24-20)11-19(14)15-6-8-16(9-7-15)21-25-23-13-26(21)18-4-2-3-5-18/h6-13,18H,2-5H2,1H3,(H,22,24). The number of nitrogens with zero attached hydrogens (tertiary/aromatic N) is 4. The highest BCUT2D eigenvalue weighted by molar-refractivity contribution is 5.86. The first-order valence-electron chi connectivity index (χ1n) is 9.23. The van der Waals surface area contributed by atoms with Crippen molar-refractivity contribution in [3.05, 3.63) is 54.5 Å². The van der Waals surface area contributed by atoms with E-state index in [1.807, 2.05) is 12.5 Å². The number of nitrogens with one attached hydrogen (secondary N) is 1. The molecule has 0 radical (unpaired) electrons. The van der Waals surface area contributed by atoms with Crippen molar-refractivity contribution in [1.82, 2.24) is 25.0 Å². The van der Waals surface area contributed by atoms with Crippen molar-refractivity contribution in [3.63, 3.8) is 0 Å². The molecule has 1 N–H and O–H groups in total. The highest BCUT2D eigenvalue weighted by Crippen LogP contribution is 2.33. The summed E-state index contributed by atoms with van der Waals surface area (Å²) in [6.45, 7) is 2.14. The van der Waals surface area contributed by atoms with Crippen molar-refractivity contribution >= 4 is 10.9 Å². The number of hydrogen-bond donors (Lipinski definition) is 1. The predicted octanol–water partition coefficient (Wildman–Crippen LogP) is 4.91. The van der Waals surface area contributed by atoms with Gasteiger partial charge in [-0.3, -0.25) is 5.10 Å². The topological polar surface area (TPSA) is 59.4 Å². The number of hydrogen-bond acceptors (Lipinski definition) is 3. The van der Waals surface area contributed by atoms with Crippen LogP contribution in [0.25, 0.3) is 33.4 Å². The van der Waals surface area contributed by atoms with Gasteiger partial charge >= 0.3 is 0 Å². The number of aromatic nitrogens is 5. The molecule has 1 aliphatic rings. The fraction of sp³-hybridized carbons (Fsp3) is 0.286. The minimum atomic E-state index is 0.547. The van der Waals surface area contributed by atoms with E-state index >= 15 is 0 Å². The molecule has 0 atom stereocenters. The highest BCUT2D eigenvalue weighted by atomic mass is 15.3. The maximum Gasteiger partial charge on any atom is 0.164 e. The number of aryl methyl sites for hydroxylation is 1. The minimum Gasteiger partial charge on any atom is -0.310 e. The lowest BCUT2D eigenvalue weighted by molar-refractivity contribution is 0.522. The Morgan fingerprint density at radius 1 is 1.04 bits per heavy atom. The lowest BCUT2D eigenvalue weighted by Crippen LogP contribution is -2.05. The normalized spacial score (nSPS) is 15.1. The monoisotopic (exact) mass is 343 g/mol. The van der Waals surface area contributed by atoms with Gasteiger partial charge in [0.2, 0.25) is 0 Å². The Labute approximate surface area is 152 Å². The lowest BCUT2D eigenvalue weighted by Gasteiger charge is -2.14. The Morgan fingerprint density at radius 2 is 1.81 bits per heavy atom. The van der Waals surface area contributed by atoms with Crippen LogP contribution in [0.1, 0.15) is 37.3 Å². The molecule has 0 aliphatic heterocycles. The van der Waals surface area contributed by atoms with Gasteiger partial charge in [0.15, 0.2) is 5.82 Å². The molecular formula is C21H21N5. The van der Waals surface area contributed by atoms with Crippen molar-refractivity contribution in [2.75, 3.05) is 0 Å². The minimum absolute atomic E-state index is 0.547. The molecule has 5 heteroatoms. The van der Waals surface area contributed by atoms with Crippen LogP contribution in [0.4, 0.5) is 0 Å². The van der Waals surface area contributed by atoms with Crippen LogP contribution in [0.2, 0.25) is 0 Å². The van der Waals surface area contributed by atoms with Gasteiger partial charge in [0.25, 0.3) is 0 Å². The third kappa shape index (κ3) is 2.51. The quantitative estimate of drug-likeness (QED) is 0.575. The van der Waals surface area contributed by atoms with Crippen LogP contribution in [-0.2, 0) is 0 Å². The van der Waals surface area contributed by atoms with Gasteiger partial charge in [0.1, 0.15) is 6.33 Å². The molecule has 2 aromatic carbocycles. The van der Waals surface area contributed by atoms with Gasteiger partial charge < -0.3 is 4.57 Å². The highest BCUT2D eigenvalue weighted by Gasteiger charge is 2.20. The van der Waals surface area contributed by atoms with Gasteiger partial charge in [-0.15, -0.1) is 10.2 Å². The van der Waals surface area contributed by atoms with Crippen molar-refractivity contribution in [2.24, 2.45) is 0 Å². The molecule has 130 valence electrons. The zero-order valence-corrected chi connectivity index (χ0v) is 14.8. The molecule has 0 bridgehead atoms. The van der Waals surface area contributed by atoms with Gasteiger partial charge in [0.05, 0.1) is 11.7 Å². The molecule has 5 rings (SSSR count). The van der Waals surface area contributed by atoms with E-state index in [0.29, 0.717) is 6.04 Å². The molecule has 1 saturated carbocycles. The zero-order chi connectivity index (χ0) is 17.5. The van der Waals surface area contributed by atoms with Crippen LogP contribution in [0, 0.1) is 6.92 Å². The van der Waals surface area contributed by atoms with Crippen molar-refractivity contribution < 1.29 is 0 Å². The fourth-order valence-electron chi connectivity index (χ4n) is 4.11. The predicted molar refractivity (Wildman–Crippen MR) is 103 cm³/mol. The Balaban J connectivity index is 1.51. The third-order valence-corrected chi connectivity index (χ3v) is 5.53. The average Bonchev–Trinajstić information content (AvgIpc) is 3.41. The van der Waals surface area contributed by atoms with Gasteiger partial charge in [-0.25, -0.2) is 0 Å². The summed E-state index contributed by atoms with van der Waals surface area (Å²) in [4.78, 5) is 0. The Morgan fingerprint density at radius 3 is 2.62 bits per heavy atom. The third-order valence-electron chi connectivity index (χ3n) is 5.53. The van der Waals surface area contributed by atoms with E-state index in [1.54, 1.807) is 0 Å². The molecule has 1 aliphatic carbocycles. The molecule has 2 heterocycles. The Kier molecular flexibility index (Phi) is 3.59. The summed E-state index contributed by atoms with van der Waals surface area (Å²) in [5, 5.41) is 16.9. The maximum atomic E-state index is 4.39. The summed E-state index contributed by atoms with van der Waals surface area (Å²) >= 11 is 0. The smallest absolute Gasteiger partial charge is 0.164 e. The summed E-state index contributed by atoms with van der Waals surface area (Å²) < 4.78 is 2.25. The molecule has 2 aromatic heterocycles. The van der Waals surface area contributed by atoms with Crippen LogP contribution in [0.15, 0.2) is 48.9 Å². The number of H-pyrrole nitrogens is 1.